The number of hydrogen-bond donors (Lipinski definition) is 1. The van der Waals surface area contributed by atoms with E-state index < -0.39 is 0 Å². The number of aromatic nitrogens is 2. The third kappa shape index (κ3) is 5.10. The third-order valence-corrected chi connectivity index (χ3v) is 6.42. The van der Waals surface area contributed by atoms with Crippen LogP contribution in [0.1, 0.15) is 18.4 Å². The first-order valence-electron chi connectivity index (χ1n) is 10.2. The van der Waals surface area contributed by atoms with Gasteiger partial charge in [-0.15, -0.1) is 0 Å². The number of rotatable bonds is 7. The lowest BCUT2D eigenvalue weighted by Gasteiger charge is -2.31. The van der Waals surface area contributed by atoms with E-state index >= 15 is 0 Å². The number of thiazole rings is 1. The highest BCUT2D eigenvalue weighted by molar-refractivity contribution is 7.21. The molecule has 1 N–H and O–H groups in total. The Morgan fingerprint density at radius 3 is 2.76 bits per heavy atom. The van der Waals surface area contributed by atoms with Gasteiger partial charge < -0.3 is 15.1 Å². The van der Waals surface area contributed by atoms with Gasteiger partial charge in [-0.25, -0.2) is 9.97 Å². The van der Waals surface area contributed by atoms with Gasteiger partial charge in [0.25, 0.3) is 0 Å². The molecular weight excluding hydrogens is 382 g/mol. The number of nitrogens with zero attached hydrogens (tertiary/aromatic N) is 4. The van der Waals surface area contributed by atoms with Gasteiger partial charge in [0.2, 0.25) is 5.91 Å². The van der Waals surface area contributed by atoms with Gasteiger partial charge in [0.1, 0.15) is 10.3 Å². The zero-order chi connectivity index (χ0) is 20.1. The van der Waals surface area contributed by atoms with Crippen LogP contribution in [0, 0.1) is 5.92 Å². The van der Waals surface area contributed by atoms with Crippen molar-refractivity contribution in [1.29, 1.82) is 0 Å². The van der Waals surface area contributed by atoms with Crippen LogP contribution in [0.5, 0.6) is 0 Å². The van der Waals surface area contributed by atoms with Crippen molar-refractivity contribution in [2.75, 3.05) is 38.1 Å². The summed E-state index contributed by atoms with van der Waals surface area (Å²) in [6, 6.07) is 14.3. The first-order chi connectivity index (χ1) is 14.2. The number of carbonyl (C=O) groups excluding carboxylic acids is 1. The fourth-order valence-electron chi connectivity index (χ4n) is 3.72. The van der Waals surface area contributed by atoms with Gasteiger partial charge in [-0.2, -0.15) is 0 Å². The zero-order valence-corrected chi connectivity index (χ0v) is 17.6. The number of fused-ring (bicyclic) bond motifs is 1. The second-order valence-electron chi connectivity index (χ2n) is 7.60. The molecule has 0 saturated carbocycles. The van der Waals surface area contributed by atoms with Gasteiger partial charge >= 0.3 is 0 Å². The summed E-state index contributed by atoms with van der Waals surface area (Å²) in [7, 11) is 2.09. The molecule has 0 bridgehead atoms. The highest BCUT2D eigenvalue weighted by Crippen LogP contribution is 2.30. The third-order valence-electron chi connectivity index (χ3n) is 5.38. The molecule has 1 aliphatic rings. The first kappa shape index (κ1) is 19.8. The maximum Gasteiger partial charge on any atom is 0.223 e. The standard InChI is InChI=1S/C22H27N5OS/c1-26(16-17-6-3-2-4-7-17)15-12-23-20(28)18-9-13-27(14-10-18)22-25-19-8-5-11-24-21(19)29-22/h2-8,11,18H,9-10,12-16H2,1H3,(H,23,28). The molecule has 1 aliphatic heterocycles. The van der Waals surface area contributed by atoms with Gasteiger partial charge in [0.05, 0.1) is 0 Å². The Labute approximate surface area is 175 Å². The van der Waals surface area contributed by atoms with E-state index in [0.717, 1.165) is 54.5 Å². The number of hydrogen-bond acceptors (Lipinski definition) is 6. The molecule has 1 saturated heterocycles. The number of carbonyl (C=O) groups is 1. The van der Waals surface area contributed by atoms with Crippen molar-refractivity contribution >= 4 is 32.7 Å². The predicted molar refractivity (Wildman–Crippen MR) is 118 cm³/mol. The zero-order valence-electron chi connectivity index (χ0n) is 16.8. The molecule has 2 aromatic heterocycles. The summed E-state index contributed by atoms with van der Waals surface area (Å²) in [6.07, 6.45) is 3.54. The molecule has 0 aliphatic carbocycles. The Morgan fingerprint density at radius 1 is 1.21 bits per heavy atom. The molecule has 1 aromatic carbocycles. The summed E-state index contributed by atoms with van der Waals surface area (Å²) < 4.78 is 0. The van der Waals surface area contributed by atoms with Crippen LogP contribution in [-0.2, 0) is 11.3 Å². The monoisotopic (exact) mass is 409 g/mol. The molecule has 0 radical (unpaired) electrons. The number of nitrogens with one attached hydrogen (secondary N) is 1. The summed E-state index contributed by atoms with van der Waals surface area (Å²) >= 11 is 1.63. The number of amides is 1. The molecule has 152 valence electrons. The topological polar surface area (TPSA) is 61.4 Å². The maximum absolute atomic E-state index is 12.6. The molecule has 3 aromatic rings. The lowest BCUT2D eigenvalue weighted by Crippen LogP contribution is -2.42. The average Bonchev–Trinajstić information content (AvgIpc) is 3.19. The molecular formula is C22H27N5OS. The minimum atomic E-state index is 0.0955. The van der Waals surface area contributed by atoms with E-state index in [4.69, 9.17) is 0 Å². The van der Waals surface area contributed by atoms with Crippen molar-refractivity contribution in [3.63, 3.8) is 0 Å². The number of piperidine rings is 1. The van der Waals surface area contributed by atoms with Crippen molar-refractivity contribution in [2.24, 2.45) is 5.92 Å². The molecule has 0 unspecified atom stereocenters. The van der Waals surface area contributed by atoms with Crippen LogP contribution in [0.25, 0.3) is 10.3 Å². The number of pyridine rings is 1. The Bertz CT molecular complexity index is 904. The quantitative estimate of drug-likeness (QED) is 0.650. The van der Waals surface area contributed by atoms with E-state index in [1.54, 1.807) is 17.5 Å². The van der Waals surface area contributed by atoms with Crippen LogP contribution >= 0.6 is 11.3 Å². The minimum absolute atomic E-state index is 0.0955. The van der Waals surface area contributed by atoms with E-state index in [0.29, 0.717) is 6.54 Å². The Kier molecular flexibility index (Phi) is 6.36. The van der Waals surface area contributed by atoms with Crippen molar-refractivity contribution in [3.05, 3.63) is 54.2 Å². The molecule has 0 spiro atoms. The van der Waals surface area contributed by atoms with Crippen LogP contribution in [0.3, 0.4) is 0 Å². The second-order valence-corrected chi connectivity index (χ2v) is 8.56. The molecule has 4 rings (SSSR count). The molecule has 3 heterocycles. The lowest BCUT2D eigenvalue weighted by atomic mass is 9.96. The van der Waals surface area contributed by atoms with Gasteiger partial charge in [0.15, 0.2) is 5.13 Å². The van der Waals surface area contributed by atoms with Crippen LogP contribution in [0.15, 0.2) is 48.7 Å². The molecule has 6 nitrogen and oxygen atoms in total. The maximum atomic E-state index is 12.6. The number of likely N-dealkylation sites (N-methyl/N-ethyl adjacent to an activating group) is 1. The van der Waals surface area contributed by atoms with E-state index in [9.17, 15) is 4.79 Å². The number of anilines is 1. The normalized spacial score (nSPS) is 15.2. The first-order valence-corrected chi connectivity index (χ1v) is 11.0. The van der Waals surface area contributed by atoms with Gasteiger partial charge in [-0.1, -0.05) is 41.7 Å². The molecule has 7 heteroatoms. The predicted octanol–water partition coefficient (Wildman–Crippen LogP) is 3.16. The van der Waals surface area contributed by atoms with Gasteiger partial charge in [-0.05, 0) is 37.6 Å². The van der Waals surface area contributed by atoms with E-state index in [1.165, 1.54) is 5.56 Å². The summed E-state index contributed by atoms with van der Waals surface area (Å²) in [5, 5.41) is 4.14. The summed E-state index contributed by atoms with van der Waals surface area (Å²) in [5.41, 5.74) is 2.24. The van der Waals surface area contributed by atoms with Crippen molar-refractivity contribution in [3.8, 4) is 0 Å². The van der Waals surface area contributed by atoms with Gasteiger partial charge in [0, 0.05) is 44.8 Å². The highest BCUT2D eigenvalue weighted by Gasteiger charge is 2.26. The summed E-state index contributed by atoms with van der Waals surface area (Å²) in [6.45, 7) is 4.16. The van der Waals surface area contributed by atoms with Crippen molar-refractivity contribution in [2.45, 2.75) is 19.4 Å². The molecule has 1 amide bonds. The minimum Gasteiger partial charge on any atom is -0.355 e. The molecule has 0 atom stereocenters. The smallest absolute Gasteiger partial charge is 0.223 e. The van der Waals surface area contributed by atoms with Crippen molar-refractivity contribution in [1.82, 2.24) is 20.2 Å². The Hall–Kier alpha value is -2.51. The van der Waals surface area contributed by atoms with Crippen LogP contribution in [0.4, 0.5) is 5.13 Å². The van der Waals surface area contributed by atoms with Crippen LogP contribution in [-0.4, -0.2) is 54.0 Å². The van der Waals surface area contributed by atoms with E-state index in [-0.39, 0.29) is 11.8 Å². The second kappa shape index (κ2) is 9.33. The van der Waals surface area contributed by atoms with Crippen molar-refractivity contribution < 1.29 is 4.79 Å². The van der Waals surface area contributed by atoms with Gasteiger partial charge in [-0.3, -0.25) is 4.79 Å². The summed E-state index contributed by atoms with van der Waals surface area (Å²) in [4.78, 5) is 27.1. The summed E-state index contributed by atoms with van der Waals surface area (Å²) in [5.74, 6) is 0.280. The van der Waals surface area contributed by atoms with E-state index in [1.807, 2.05) is 18.2 Å². The fourth-order valence-corrected chi connectivity index (χ4v) is 4.68. The highest BCUT2D eigenvalue weighted by atomic mass is 32.1. The molecule has 1 fully saturated rings. The molecule has 29 heavy (non-hydrogen) atoms. The average molecular weight is 410 g/mol. The van der Waals surface area contributed by atoms with Crippen LogP contribution in [0.2, 0.25) is 0 Å². The lowest BCUT2D eigenvalue weighted by molar-refractivity contribution is -0.125. The fraction of sp³-hybridized carbons (Fsp3) is 0.409. The Morgan fingerprint density at radius 2 is 2.00 bits per heavy atom. The Balaban J connectivity index is 1.20. The van der Waals surface area contributed by atoms with Crippen LogP contribution < -0.4 is 10.2 Å². The largest absolute Gasteiger partial charge is 0.355 e. The SMILES string of the molecule is CN(CCNC(=O)C1CCN(c2nc3cccnc3s2)CC1)Cc1ccccc1. The number of benzene rings is 1. The van der Waals surface area contributed by atoms with E-state index in [2.05, 4.69) is 56.4 Å².